The molecule has 2 aromatic carbocycles. The van der Waals surface area contributed by atoms with Crippen LogP contribution in [-0.2, 0) is 9.47 Å². The Morgan fingerprint density at radius 2 is 1.64 bits per heavy atom. The summed E-state index contributed by atoms with van der Waals surface area (Å²) in [6.07, 6.45) is -11.3. The highest BCUT2D eigenvalue weighted by molar-refractivity contribution is 6.05. The molecule has 1 saturated heterocycles. The summed E-state index contributed by atoms with van der Waals surface area (Å²) in [6, 6.07) is 5.54. The summed E-state index contributed by atoms with van der Waals surface area (Å²) in [5.41, 5.74) is -0.209. The van der Waals surface area contributed by atoms with Crippen LogP contribution in [0.15, 0.2) is 30.3 Å². The molecule has 178 valence electrons. The summed E-state index contributed by atoms with van der Waals surface area (Å²) in [5, 5.41) is 79.6. The summed E-state index contributed by atoms with van der Waals surface area (Å²) >= 11 is 0. The Morgan fingerprint density at radius 1 is 0.909 bits per heavy atom. The van der Waals surface area contributed by atoms with Gasteiger partial charge in [-0.15, -0.1) is 0 Å². The molecule has 0 amide bonds. The van der Waals surface area contributed by atoms with Crippen LogP contribution in [0.4, 0.5) is 0 Å². The van der Waals surface area contributed by atoms with Crippen molar-refractivity contribution in [1.82, 2.24) is 0 Å². The zero-order chi connectivity index (χ0) is 24.0. The number of aliphatic hydroxyl groups excluding tert-OH is 4. The van der Waals surface area contributed by atoms with Gasteiger partial charge in [-0.25, -0.2) is 0 Å². The van der Waals surface area contributed by atoms with Gasteiger partial charge in [0.25, 0.3) is 0 Å². The highest BCUT2D eigenvalue weighted by Gasteiger charge is 2.49. The SMILES string of the molecule is O=C1c2c(O)cc(O)cc2O[C@H](c2ccc(O)c(O)c2)[C@H]1O[C@@H]1[C@@H](O)[C@H](O)O[C@H](CO)[C@H]1O. The van der Waals surface area contributed by atoms with Gasteiger partial charge in [-0.3, -0.25) is 4.79 Å². The molecule has 0 unspecified atom stereocenters. The van der Waals surface area contributed by atoms with Gasteiger partial charge in [0.2, 0.25) is 5.78 Å². The Bertz CT molecular complexity index is 1060. The van der Waals surface area contributed by atoms with Gasteiger partial charge in [0.05, 0.1) is 6.61 Å². The minimum atomic E-state index is -1.84. The lowest BCUT2D eigenvalue weighted by Crippen LogP contribution is -2.61. The van der Waals surface area contributed by atoms with E-state index in [1.165, 1.54) is 6.07 Å². The molecule has 0 radical (unpaired) electrons. The molecular formula is C21H22O12. The number of aromatic hydroxyl groups is 4. The fourth-order valence-electron chi connectivity index (χ4n) is 3.90. The summed E-state index contributed by atoms with van der Waals surface area (Å²) < 4.78 is 16.4. The summed E-state index contributed by atoms with van der Waals surface area (Å²) in [4.78, 5) is 13.3. The second-order valence-corrected chi connectivity index (χ2v) is 7.74. The van der Waals surface area contributed by atoms with Crippen LogP contribution in [0.2, 0.25) is 0 Å². The van der Waals surface area contributed by atoms with E-state index in [1.807, 2.05) is 0 Å². The highest BCUT2D eigenvalue weighted by Crippen LogP contribution is 2.44. The first kappa shape index (κ1) is 23.0. The van der Waals surface area contributed by atoms with E-state index in [1.54, 1.807) is 0 Å². The first-order valence-corrected chi connectivity index (χ1v) is 9.87. The molecule has 0 bridgehead atoms. The van der Waals surface area contributed by atoms with Crippen LogP contribution in [0.1, 0.15) is 22.0 Å². The zero-order valence-corrected chi connectivity index (χ0v) is 16.8. The molecule has 0 aliphatic carbocycles. The molecule has 33 heavy (non-hydrogen) atoms. The van der Waals surface area contributed by atoms with Crippen LogP contribution >= 0.6 is 0 Å². The second-order valence-electron chi connectivity index (χ2n) is 7.74. The van der Waals surface area contributed by atoms with Gasteiger partial charge < -0.3 is 55.1 Å². The van der Waals surface area contributed by atoms with E-state index in [-0.39, 0.29) is 16.9 Å². The third-order valence-electron chi connectivity index (χ3n) is 5.57. The van der Waals surface area contributed by atoms with E-state index in [0.717, 1.165) is 24.3 Å². The van der Waals surface area contributed by atoms with E-state index in [0.29, 0.717) is 0 Å². The van der Waals surface area contributed by atoms with E-state index >= 15 is 0 Å². The molecule has 7 atom stereocenters. The maximum absolute atomic E-state index is 13.3. The van der Waals surface area contributed by atoms with Crippen molar-refractivity contribution in [1.29, 1.82) is 0 Å². The summed E-state index contributed by atoms with van der Waals surface area (Å²) in [5.74, 6) is -3.04. The average molecular weight is 466 g/mol. The smallest absolute Gasteiger partial charge is 0.203 e. The number of carbonyl (C=O) groups excluding carboxylic acids is 1. The lowest BCUT2D eigenvalue weighted by molar-refractivity contribution is -0.300. The molecule has 12 nitrogen and oxygen atoms in total. The quantitative estimate of drug-likeness (QED) is 0.256. The predicted octanol–water partition coefficient (Wildman–Crippen LogP) is -0.990. The van der Waals surface area contributed by atoms with Crippen LogP contribution in [0.25, 0.3) is 0 Å². The van der Waals surface area contributed by atoms with E-state index < -0.39 is 78.3 Å². The predicted molar refractivity (Wildman–Crippen MR) is 106 cm³/mol. The van der Waals surface area contributed by atoms with Gasteiger partial charge in [0.15, 0.2) is 30.0 Å². The molecule has 4 rings (SSSR count). The Kier molecular flexibility index (Phi) is 6.05. The number of hydrogen-bond acceptors (Lipinski definition) is 12. The Balaban J connectivity index is 1.78. The number of phenols is 4. The number of fused-ring (bicyclic) bond motifs is 1. The van der Waals surface area contributed by atoms with E-state index in [2.05, 4.69) is 0 Å². The molecule has 2 aliphatic rings. The molecule has 2 heterocycles. The maximum Gasteiger partial charge on any atom is 0.203 e. The van der Waals surface area contributed by atoms with Crippen molar-refractivity contribution in [2.24, 2.45) is 0 Å². The summed E-state index contributed by atoms with van der Waals surface area (Å²) in [7, 11) is 0. The minimum absolute atomic E-state index is 0.132. The van der Waals surface area contributed by atoms with Gasteiger partial charge in [0, 0.05) is 12.1 Å². The minimum Gasteiger partial charge on any atom is -0.508 e. The molecule has 0 aromatic heterocycles. The van der Waals surface area contributed by atoms with Crippen LogP contribution in [-0.4, -0.2) is 90.1 Å². The standard InChI is InChI=1S/C21H22O12/c22-6-13-15(27)19(17(29)21(30)32-13)33-20-16(28)14-11(26)4-8(23)5-12(14)31-18(20)7-1-2-9(24)10(25)3-7/h1-5,13,15,17-27,29-30H,6H2/t13-,15-,17-,18-,19+,20+,21-/m1/s1. The third kappa shape index (κ3) is 4.04. The molecule has 0 spiro atoms. The van der Waals surface area contributed by atoms with Gasteiger partial charge >= 0.3 is 0 Å². The summed E-state index contributed by atoms with van der Waals surface area (Å²) in [6.45, 7) is -0.724. The number of aliphatic hydroxyl groups is 4. The molecule has 1 fully saturated rings. The van der Waals surface area contributed by atoms with Crippen molar-refractivity contribution >= 4 is 5.78 Å². The third-order valence-corrected chi connectivity index (χ3v) is 5.57. The van der Waals surface area contributed by atoms with Crippen molar-refractivity contribution < 1.29 is 59.9 Å². The molecular weight excluding hydrogens is 444 g/mol. The van der Waals surface area contributed by atoms with Crippen molar-refractivity contribution in [3.63, 3.8) is 0 Å². The van der Waals surface area contributed by atoms with Crippen LogP contribution in [0.3, 0.4) is 0 Å². The topological polar surface area (TPSA) is 207 Å². The van der Waals surface area contributed by atoms with Crippen molar-refractivity contribution in [3.8, 4) is 28.7 Å². The number of Topliss-reactive ketones (excluding diaryl/α,β-unsaturated/α-hetero) is 1. The van der Waals surface area contributed by atoms with Crippen LogP contribution in [0.5, 0.6) is 28.7 Å². The number of ketones is 1. The second kappa shape index (κ2) is 8.67. The lowest BCUT2D eigenvalue weighted by atomic mass is 9.91. The molecule has 8 N–H and O–H groups in total. The average Bonchev–Trinajstić information content (AvgIpc) is 2.76. The molecule has 12 heteroatoms. The van der Waals surface area contributed by atoms with E-state index in [9.17, 15) is 45.6 Å². The van der Waals surface area contributed by atoms with Crippen molar-refractivity contribution in [2.75, 3.05) is 6.61 Å². The number of ether oxygens (including phenoxy) is 3. The molecule has 0 saturated carbocycles. The number of hydrogen-bond donors (Lipinski definition) is 8. The monoisotopic (exact) mass is 466 g/mol. The number of benzene rings is 2. The van der Waals surface area contributed by atoms with E-state index in [4.69, 9.17) is 14.2 Å². The largest absolute Gasteiger partial charge is 0.508 e. The molecule has 2 aromatic rings. The molecule has 2 aliphatic heterocycles. The number of rotatable bonds is 4. The lowest BCUT2D eigenvalue weighted by Gasteiger charge is -2.43. The Labute approximate surface area is 186 Å². The first-order chi connectivity index (χ1) is 15.6. The fraction of sp³-hybridized carbons (Fsp3) is 0.381. The van der Waals surface area contributed by atoms with Gasteiger partial charge in [-0.2, -0.15) is 0 Å². The Hall–Kier alpha value is -3.13. The zero-order valence-electron chi connectivity index (χ0n) is 16.8. The van der Waals surface area contributed by atoms with Crippen LogP contribution < -0.4 is 4.74 Å². The number of carbonyl (C=O) groups is 1. The van der Waals surface area contributed by atoms with Crippen LogP contribution in [0, 0.1) is 0 Å². The fourth-order valence-corrected chi connectivity index (χ4v) is 3.90. The number of phenolic OH excluding ortho intramolecular Hbond substituents is 4. The maximum atomic E-state index is 13.3. The van der Waals surface area contributed by atoms with Crippen molar-refractivity contribution in [2.45, 2.75) is 42.9 Å². The first-order valence-electron chi connectivity index (χ1n) is 9.87. The highest BCUT2D eigenvalue weighted by atomic mass is 16.7. The van der Waals surface area contributed by atoms with Gasteiger partial charge in [-0.1, -0.05) is 6.07 Å². The van der Waals surface area contributed by atoms with Gasteiger partial charge in [-0.05, 0) is 17.7 Å². The Morgan fingerprint density at radius 3 is 2.30 bits per heavy atom. The van der Waals surface area contributed by atoms with Crippen molar-refractivity contribution in [3.05, 3.63) is 41.5 Å². The van der Waals surface area contributed by atoms with Gasteiger partial charge in [0.1, 0.15) is 47.2 Å². The normalized spacial score (nSPS) is 31.6.